The quantitative estimate of drug-likeness (QED) is 0.199. The van der Waals surface area contributed by atoms with Gasteiger partial charge in [0.05, 0.1) is 16.0 Å². The van der Waals surface area contributed by atoms with Crippen LogP contribution in [0.15, 0.2) is 32.9 Å². The standard InChI is InChI=1S/C13H15NO9S4.Na/c1-25(17,18)12-9-7(5-4-6-8(9)14)10(23-27(3,21)22)11(24(15)16)13(12)26(2,19)20;/h4-6H,14H2,1-3H3,(H,15,16);/q;+1/p-1. The van der Waals surface area contributed by atoms with Crippen LogP contribution in [0.25, 0.3) is 10.8 Å². The monoisotopic (exact) mass is 479 g/mol. The van der Waals surface area contributed by atoms with Gasteiger partial charge in [0.2, 0.25) is 0 Å². The predicted octanol–water partition coefficient (Wildman–Crippen LogP) is -3.19. The molecule has 0 spiro atoms. The van der Waals surface area contributed by atoms with Crippen LogP contribution in [0, 0.1) is 0 Å². The van der Waals surface area contributed by atoms with Crippen LogP contribution < -0.4 is 39.5 Å². The molecule has 2 aromatic carbocycles. The van der Waals surface area contributed by atoms with Crippen LogP contribution in [0.2, 0.25) is 0 Å². The number of fused-ring (bicyclic) bond motifs is 1. The van der Waals surface area contributed by atoms with Gasteiger partial charge >= 0.3 is 39.7 Å². The van der Waals surface area contributed by atoms with Crippen LogP contribution in [-0.4, -0.2) is 52.8 Å². The van der Waals surface area contributed by atoms with E-state index in [1.54, 1.807) is 0 Å². The average molecular weight is 480 g/mol. The molecule has 2 rings (SSSR count). The molecular formula is C13H14NNaO9S4. The molecule has 0 fully saturated rings. The molecule has 10 nitrogen and oxygen atoms in total. The fourth-order valence-electron chi connectivity index (χ4n) is 2.53. The molecule has 2 aromatic rings. The summed E-state index contributed by atoms with van der Waals surface area (Å²) in [5.74, 6) is -0.846. The second-order valence-corrected chi connectivity index (χ2v) is 12.0. The molecule has 0 saturated carbocycles. The number of sulfone groups is 2. The number of hydrogen-bond donors (Lipinski definition) is 1. The Morgan fingerprint density at radius 2 is 1.46 bits per heavy atom. The first-order valence-electron chi connectivity index (χ1n) is 6.82. The van der Waals surface area contributed by atoms with Crippen molar-refractivity contribution >= 4 is 57.3 Å². The molecule has 0 aliphatic carbocycles. The Morgan fingerprint density at radius 1 is 0.964 bits per heavy atom. The van der Waals surface area contributed by atoms with Crippen molar-refractivity contribution in [3.05, 3.63) is 18.2 Å². The number of benzene rings is 2. The number of nitrogens with two attached hydrogens (primary N) is 1. The second kappa shape index (κ2) is 8.18. The van der Waals surface area contributed by atoms with Gasteiger partial charge in [-0.15, -0.1) is 0 Å². The van der Waals surface area contributed by atoms with E-state index < -0.39 is 61.3 Å². The Balaban J connectivity index is 0.00000392. The zero-order valence-corrected chi connectivity index (χ0v) is 20.4. The maximum absolute atomic E-state index is 12.4. The molecule has 1 unspecified atom stereocenters. The molecule has 0 heterocycles. The molecule has 28 heavy (non-hydrogen) atoms. The van der Waals surface area contributed by atoms with Crippen molar-refractivity contribution < 1.29 is 67.8 Å². The van der Waals surface area contributed by atoms with E-state index in [0.717, 1.165) is 0 Å². The molecule has 0 aliphatic heterocycles. The van der Waals surface area contributed by atoms with Crippen molar-refractivity contribution in [1.82, 2.24) is 0 Å². The van der Waals surface area contributed by atoms with Gasteiger partial charge in [0.25, 0.3) is 0 Å². The van der Waals surface area contributed by atoms with E-state index in [1.807, 2.05) is 0 Å². The van der Waals surface area contributed by atoms with E-state index in [4.69, 9.17) is 9.92 Å². The third-order valence-corrected chi connectivity index (χ3v) is 7.08. The smallest absolute Gasteiger partial charge is 0.768 e. The normalized spacial score (nSPS) is 13.7. The van der Waals surface area contributed by atoms with E-state index in [1.165, 1.54) is 18.2 Å². The molecule has 0 aliphatic rings. The maximum Gasteiger partial charge on any atom is 1.00 e. The summed E-state index contributed by atoms with van der Waals surface area (Å²) in [7, 11) is -13.1. The fourth-order valence-corrected chi connectivity index (χ4v) is 7.15. The molecule has 0 bridgehead atoms. The molecule has 0 radical (unpaired) electrons. The van der Waals surface area contributed by atoms with Gasteiger partial charge in [-0.3, -0.25) is 4.21 Å². The van der Waals surface area contributed by atoms with Gasteiger partial charge in [0.15, 0.2) is 25.4 Å². The Hall–Kier alpha value is -0.740. The molecule has 0 amide bonds. The largest absolute Gasteiger partial charge is 1.00 e. The van der Waals surface area contributed by atoms with Crippen molar-refractivity contribution in [1.29, 1.82) is 0 Å². The van der Waals surface area contributed by atoms with Gasteiger partial charge in [-0.25, -0.2) is 16.8 Å². The molecule has 1 atom stereocenters. The minimum absolute atomic E-state index is 0. The number of rotatable bonds is 5. The Bertz CT molecular complexity index is 1300. The first-order valence-corrected chi connectivity index (χ1v) is 13.5. The fraction of sp³-hybridized carbons (Fsp3) is 0.231. The van der Waals surface area contributed by atoms with E-state index in [9.17, 15) is 34.0 Å². The van der Waals surface area contributed by atoms with Gasteiger partial charge < -0.3 is 14.5 Å². The van der Waals surface area contributed by atoms with E-state index >= 15 is 0 Å². The maximum atomic E-state index is 12.4. The Labute approximate surface area is 187 Å². The van der Waals surface area contributed by atoms with Crippen LogP contribution >= 0.6 is 0 Å². The summed E-state index contributed by atoms with van der Waals surface area (Å²) in [6.07, 6.45) is 1.88. The van der Waals surface area contributed by atoms with Crippen LogP contribution in [0.4, 0.5) is 5.69 Å². The first kappa shape index (κ1) is 25.3. The summed E-state index contributed by atoms with van der Waals surface area (Å²) in [6.45, 7) is 0. The molecule has 150 valence electrons. The average Bonchev–Trinajstić information content (AvgIpc) is 2.43. The molecule has 15 heteroatoms. The summed E-state index contributed by atoms with van der Waals surface area (Å²) in [5.41, 5.74) is 5.60. The molecule has 0 saturated heterocycles. The van der Waals surface area contributed by atoms with Crippen molar-refractivity contribution in [2.45, 2.75) is 14.7 Å². The van der Waals surface area contributed by atoms with Gasteiger partial charge in [-0.2, -0.15) is 8.42 Å². The second-order valence-electron chi connectivity index (χ2n) is 5.65. The minimum Gasteiger partial charge on any atom is -0.768 e. The summed E-state index contributed by atoms with van der Waals surface area (Å²) in [5, 5.41) is -0.638. The van der Waals surface area contributed by atoms with Gasteiger partial charge in [-0.05, 0) is 17.1 Å². The van der Waals surface area contributed by atoms with Crippen LogP contribution in [0.1, 0.15) is 0 Å². The summed E-state index contributed by atoms with van der Waals surface area (Å²) < 4.78 is 101. The Morgan fingerprint density at radius 3 is 1.86 bits per heavy atom. The van der Waals surface area contributed by atoms with E-state index in [0.29, 0.717) is 18.8 Å². The van der Waals surface area contributed by atoms with Crippen molar-refractivity contribution in [3.63, 3.8) is 0 Å². The number of nitrogen functional groups attached to an aromatic ring is 1. The zero-order chi connectivity index (χ0) is 20.9. The molecule has 2 N–H and O–H groups in total. The minimum atomic E-state index is -4.48. The van der Waals surface area contributed by atoms with E-state index in [2.05, 4.69) is 0 Å². The van der Waals surface area contributed by atoms with E-state index in [-0.39, 0.29) is 46.0 Å². The van der Waals surface area contributed by atoms with Gasteiger partial charge in [-0.1, -0.05) is 12.1 Å². The third kappa shape index (κ3) is 5.05. The van der Waals surface area contributed by atoms with Gasteiger partial charge in [0, 0.05) is 29.0 Å². The SMILES string of the molecule is CS(=O)(=O)Oc1c(S(=O)[O-])c(S(C)(=O)=O)c(S(C)(=O)=O)c2c(N)cccc12.[Na+]. The van der Waals surface area contributed by atoms with Crippen LogP contribution in [-0.2, 0) is 40.9 Å². The summed E-state index contributed by atoms with van der Waals surface area (Å²) in [6, 6.07) is 3.72. The van der Waals surface area contributed by atoms with Crippen LogP contribution in [0.3, 0.4) is 0 Å². The Kier molecular flexibility index (Phi) is 7.39. The number of hydrogen-bond acceptors (Lipinski definition) is 10. The molecular weight excluding hydrogens is 465 g/mol. The first-order chi connectivity index (χ1) is 12.1. The van der Waals surface area contributed by atoms with Crippen molar-refractivity contribution in [2.24, 2.45) is 0 Å². The molecule has 0 aromatic heterocycles. The third-order valence-electron chi connectivity index (χ3n) is 3.33. The zero-order valence-electron chi connectivity index (χ0n) is 15.1. The van der Waals surface area contributed by atoms with Gasteiger partial charge in [0.1, 0.15) is 4.90 Å². The number of anilines is 1. The summed E-state index contributed by atoms with van der Waals surface area (Å²) in [4.78, 5) is -3.07. The van der Waals surface area contributed by atoms with Crippen LogP contribution in [0.5, 0.6) is 5.75 Å². The predicted molar refractivity (Wildman–Crippen MR) is 97.2 cm³/mol. The van der Waals surface area contributed by atoms with Crippen molar-refractivity contribution in [2.75, 3.05) is 24.5 Å². The topological polar surface area (TPSA) is 178 Å². The van der Waals surface area contributed by atoms with Crippen molar-refractivity contribution in [3.8, 4) is 5.75 Å². The summed E-state index contributed by atoms with van der Waals surface area (Å²) >= 11 is -3.36.